The molecule has 1 amide bonds. The molecule has 0 unspecified atom stereocenters. The molecule has 0 aromatic carbocycles. The first-order valence-corrected chi connectivity index (χ1v) is 9.54. The predicted octanol–water partition coefficient (Wildman–Crippen LogP) is 2.13. The number of carbonyl (C=O) groups excluding carboxylic acids is 1. The molecule has 1 N–H and O–H groups in total. The van der Waals surface area contributed by atoms with E-state index in [1.807, 2.05) is 17.2 Å². The summed E-state index contributed by atoms with van der Waals surface area (Å²) in [4.78, 5) is 28.3. The number of pyridine rings is 1. The molecule has 27 heavy (non-hydrogen) atoms. The maximum absolute atomic E-state index is 12.5. The van der Waals surface area contributed by atoms with Crippen molar-refractivity contribution in [2.75, 3.05) is 31.1 Å². The van der Waals surface area contributed by atoms with Crippen molar-refractivity contribution in [3.8, 4) is 6.07 Å². The van der Waals surface area contributed by atoms with Crippen LogP contribution in [0.3, 0.4) is 0 Å². The summed E-state index contributed by atoms with van der Waals surface area (Å²) in [5.74, 6) is 1.02. The van der Waals surface area contributed by atoms with Gasteiger partial charge in [0.1, 0.15) is 11.9 Å². The molecule has 0 aliphatic carbocycles. The Morgan fingerprint density at radius 1 is 1.33 bits per heavy atom. The van der Waals surface area contributed by atoms with Gasteiger partial charge in [0.05, 0.1) is 11.9 Å². The Labute approximate surface area is 159 Å². The SMILES string of the molecule is N#Cc1cccnc1N1CCC[C@]2(CCC(=O)N(CCc3cnc[nH]3)C2)C1. The number of nitrogens with zero attached hydrogens (tertiary/aromatic N) is 5. The fraction of sp³-hybridized carbons (Fsp3) is 0.500. The zero-order valence-electron chi connectivity index (χ0n) is 15.4. The Morgan fingerprint density at radius 3 is 3.07 bits per heavy atom. The average molecular weight is 364 g/mol. The van der Waals surface area contributed by atoms with E-state index in [0.717, 1.165) is 63.4 Å². The zero-order valence-corrected chi connectivity index (χ0v) is 15.4. The second-order valence-electron chi connectivity index (χ2n) is 7.65. The van der Waals surface area contributed by atoms with E-state index in [1.54, 1.807) is 18.6 Å². The summed E-state index contributed by atoms with van der Waals surface area (Å²) in [5, 5.41) is 9.41. The number of H-pyrrole nitrogens is 1. The molecule has 1 spiro atoms. The van der Waals surface area contributed by atoms with Crippen molar-refractivity contribution in [1.29, 1.82) is 5.26 Å². The van der Waals surface area contributed by atoms with Crippen LogP contribution < -0.4 is 4.90 Å². The van der Waals surface area contributed by atoms with E-state index in [4.69, 9.17) is 0 Å². The molecule has 0 saturated carbocycles. The minimum atomic E-state index is 0.0877. The average Bonchev–Trinajstić information content (AvgIpc) is 3.23. The summed E-state index contributed by atoms with van der Waals surface area (Å²) in [5.41, 5.74) is 1.77. The number of anilines is 1. The number of amides is 1. The van der Waals surface area contributed by atoms with Crippen LogP contribution in [0.5, 0.6) is 0 Å². The zero-order chi connectivity index (χ0) is 18.7. The van der Waals surface area contributed by atoms with Gasteiger partial charge in [-0.25, -0.2) is 9.97 Å². The van der Waals surface area contributed by atoms with Crippen LogP contribution in [0.1, 0.15) is 36.9 Å². The number of aromatic amines is 1. The number of imidazole rings is 1. The number of carbonyl (C=O) groups is 1. The summed E-state index contributed by atoms with van der Waals surface area (Å²) in [7, 11) is 0. The number of hydrogen-bond donors (Lipinski definition) is 1. The van der Waals surface area contributed by atoms with Gasteiger partial charge in [-0.15, -0.1) is 0 Å². The van der Waals surface area contributed by atoms with Crippen molar-refractivity contribution in [2.24, 2.45) is 5.41 Å². The molecule has 4 heterocycles. The Hall–Kier alpha value is -2.88. The maximum atomic E-state index is 12.5. The first kappa shape index (κ1) is 17.5. The fourth-order valence-corrected chi connectivity index (χ4v) is 4.44. The number of likely N-dealkylation sites (tertiary alicyclic amines) is 1. The summed E-state index contributed by atoms with van der Waals surface area (Å²) in [6, 6.07) is 5.89. The highest BCUT2D eigenvalue weighted by Gasteiger charge is 2.42. The highest BCUT2D eigenvalue weighted by Crippen LogP contribution is 2.40. The normalized spacial score (nSPS) is 22.9. The standard InChI is InChI=1S/C20H24N6O/c21-11-16-3-1-8-23-19(16)26-9-2-6-20(14-26)7-4-18(27)25(13-20)10-5-17-12-22-15-24-17/h1,3,8,12,15H,2,4-7,9-10,13-14H2,(H,22,24)/t20-/m1/s1. The lowest BCUT2D eigenvalue weighted by Gasteiger charge is -2.48. The molecule has 140 valence electrons. The van der Waals surface area contributed by atoms with Crippen molar-refractivity contribution in [3.05, 3.63) is 42.1 Å². The highest BCUT2D eigenvalue weighted by molar-refractivity contribution is 5.77. The molecule has 2 aromatic heterocycles. The van der Waals surface area contributed by atoms with Gasteiger partial charge >= 0.3 is 0 Å². The lowest BCUT2D eigenvalue weighted by Crippen LogP contribution is -2.54. The smallest absolute Gasteiger partial charge is 0.222 e. The topological polar surface area (TPSA) is 88.9 Å². The molecule has 7 heteroatoms. The summed E-state index contributed by atoms with van der Waals surface area (Å²) in [6.45, 7) is 3.27. The molecule has 0 bridgehead atoms. The van der Waals surface area contributed by atoms with Gasteiger partial charge in [0.2, 0.25) is 5.91 Å². The molecule has 2 aromatic rings. The summed E-state index contributed by atoms with van der Waals surface area (Å²) >= 11 is 0. The van der Waals surface area contributed by atoms with Crippen molar-refractivity contribution < 1.29 is 4.79 Å². The molecular weight excluding hydrogens is 340 g/mol. The van der Waals surface area contributed by atoms with Gasteiger partial charge in [0.15, 0.2) is 0 Å². The van der Waals surface area contributed by atoms with Crippen LogP contribution in [0.25, 0.3) is 0 Å². The third kappa shape index (κ3) is 3.65. The Balaban J connectivity index is 1.48. The number of hydrogen-bond acceptors (Lipinski definition) is 5. The van der Waals surface area contributed by atoms with E-state index in [2.05, 4.69) is 25.9 Å². The number of rotatable bonds is 4. The van der Waals surface area contributed by atoms with E-state index in [9.17, 15) is 10.1 Å². The van der Waals surface area contributed by atoms with Gasteiger partial charge in [-0.05, 0) is 31.4 Å². The quantitative estimate of drug-likeness (QED) is 0.898. The molecule has 2 saturated heterocycles. The first-order valence-electron chi connectivity index (χ1n) is 9.54. The molecule has 0 radical (unpaired) electrons. The number of aromatic nitrogens is 3. The van der Waals surface area contributed by atoms with E-state index >= 15 is 0 Å². The van der Waals surface area contributed by atoms with Crippen LogP contribution in [0.4, 0.5) is 5.82 Å². The molecule has 2 aliphatic rings. The van der Waals surface area contributed by atoms with Crippen LogP contribution in [0.2, 0.25) is 0 Å². The van der Waals surface area contributed by atoms with Gasteiger partial charge in [0, 0.05) is 62.5 Å². The van der Waals surface area contributed by atoms with Crippen LogP contribution in [-0.2, 0) is 11.2 Å². The summed E-state index contributed by atoms with van der Waals surface area (Å²) < 4.78 is 0. The van der Waals surface area contributed by atoms with Crippen LogP contribution in [0.15, 0.2) is 30.9 Å². The molecule has 2 fully saturated rings. The van der Waals surface area contributed by atoms with Gasteiger partial charge < -0.3 is 14.8 Å². The lowest BCUT2D eigenvalue weighted by molar-refractivity contribution is -0.137. The van der Waals surface area contributed by atoms with Gasteiger partial charge in [-0.2, -0.15) is 5.26 Å². The number of piperidine rings is 2. The molecule has 7 nitrogen and oxygen atoms in total. The largest absolute Gasteiger partial charge is 0.355 e. The first-order chi connectivity index (χ1) is 13.2. The Bertz CT molecular complexity index is 842. The lowest BCUT2D eigenvalue weighted by atomic mass is 9.73. The van der Waals surface area contributed by atoms with Gasteiger partial charge in [-0.3, -0.25) is 4.79 Å². The Morgan fingerprint density at radius 2 is 2.26 bits per heavy atom. The van der Waals surface area contributed by atoms with Gasteiger partial charge in [-0.1, -0.05) is 0 Å². The van der Waals surface area contributed by atoms with Crippen LogP contribution >= 0.6 is 0 Å². The van der Waals surface area contributed by atoms with E-state index in [0.29, 0.717) is 12.0 Å². The highest BCUT2D eigenvalue weighted by atomic mass is 16.2. The third-order valence-corrected chi connectivity index (χ3v) is 5.82. The van der Waals surface area contributed by atoms with Crippen LogP contribution in [-0.4, -0.2) is 51.9 Å². The molecule has 1 atom stereocenters. The summed E-state index contributed by atoms with van der Waals surface area (Å²) in [6.07, 6.45) is 9.73. The predicted molar refractivity (Wildman–Crippen MR) is 101 cm³/mol. The van der Waals surface area contributed by atoms with E-state index in [-0.39, 0.29) is 11.3 Å². The van der Waals surface area contributed by atoms with Crippen LogP contribution in [0, 0.1) is 16.7 Å². The maximum Gasteiger partial charge on any atom is 0.222 e. The minimum absolute atomic E-state index is 0.0877. The number of nitriles is 1. The molecule has 2 aliphatic heterocycles. The number of nitrogens with one attached hydrogen (secondary N) is 1. The fourth-order valence-electron chi connectivity index (χ4n) is 4.44. The monoisotopic (exact) mass is 364 g/mol. The third-order valence-electron chi connectivity index (χ3n) is 5.82. The van der Waals surface area contributed by atoms with Gasteiger partial charge in [0.25, 0.3) is 0 Å². The van der Waals surface area contributed by atoms with E-state index in [1.165, 1.54) is 0 Å². The van der Waals surface area contributed by atoms with Crippen molar-refractivity contribution >= 4 is 11.7 Å². The Kier molecular flexibility index (Phi) is 4.80. The second kappa shape index (κ2) is 7.39. The van der Waals surface area contributed by atoms with Crippen molar-refractivity contribution in [2.45, 2.75) is 32.1 Å². The van der Waals surface area contributed by atoms with Crippen molar-refractivity contribution in [1.82, 2.24) is 19.9 Å². The second-order valence-corrected chi connectivity index (χ2v) is 7.65. The van der Waals surface area contributed by atoms with Crippen molar-refractivity contribution in [3.63, 3.8) is 0 Å². The van der Waals surface area contributed by atoms with E-state index < -0.39 is 0 Å². The molecule has 4 rings (SSSR count). The molecular formula is C20H24N6O. The minimum Gasteiger partial charge on any atom is -0.355 e.